The van der Waals surface area contributed by atoms with Crippen LogP contribution in [0.1, 0.15) is 25.2 Å². The van der Waals surface area contributed by atoms with Gasteiger partial charge in [-0.2, -0.15) is 10.2 Å². The van der Waals surface area contributed by atoms with Crippen LogP contribution in [0.15, 0.2) is 17.3 Å². The molecule has 0 saturated carbocycles. The minimum absolute atomic E-state index is 0.155. The molecule has 0 aliphatic heterocycles. The maximum absolute atomic E-state index is 12.3. The van der Waals surface area contributed by atoms with E-state index in [1.165, 1.54) is 12.4 Å². The molecule has 2 aromatic heterocycles. The van der Waals surface area contributed by atoms with Gasteiger partial charge in [-0.05, 0) is 27.7 Å². The molecule has 0 fully saturated rings. The first-order valence-corrected chi connectivity index (χ1v) is 7.96. The molecule has 0 atom stereocenters. The second-order valence-electron chi connectivity index (χ2n) is 4.50. The zero-order chi connectivity index (χ0) is 14.9. The van der Waals surface area contributed by atoms with E-state index in [9.17, 15) is 8.42 Å². The van der Waals surface area contributed by atoms with E-state index in [0.717, 1.165) is 5.69 Å². The summed E-state index contributed by atoms with van der Waals surface area (Å²) >= 11 is 0. The second-order valence-corrected chi connectivity index (χ2v) is 6.18. The van der Waals surface area contributed by atoms with Crippen LogP contribution >= 0.6 is 0 Å². The number of sulfonamides is 1. The fourth-order valence-corrected chi connectivity index (χ4v) is 3.13. The minimum atomic E-state index is -3.63. The van der Waals surface area contributed by atoms with E-state index in [1.807, 2.05) is 20.8 Å². The molecule has 20 heavy (non-hydrogen) atoms. The van der Waals surface area contributed by atoms with Gasteiger partial charge in [0.2, 0.25) is 0 Å². The van der Waals surface area contributed by atoms with Crippen LogP contribution in [0, 0.1) is 13.8 Å². The third-order valence-corrected chi connectivity index (χ3v) is 4.47. The first-order valence-electron chi connectivity index (χ1n) is 6.48. The monoisotopic (exact) mass is 297 g/mol. The molecule has 0 bridgehead atoms. The fraction of sp³-hybridized carbons (Fsp3) is 0.500. The van der Waals surface area contributed by atoms with Crippen molar-refractivity contribution >= 4 is 15.7 Å². The van der Waals surface area contributed by atoms with Gasteiger partial charge in [-0.3, -0.25) is 14.1 Å². The summed E-state index contributed by atoms with van der Waals surface area (Å²) in [7, 11) is -3.63. The zero-order valence-corrected chi connectivity index (χ0v) is 12.9. The Kier molecular flexibility index (Phi) is 3.85. The lowest BCUT2D eigenvalue weighted by Gasteiger charge is -2.06. The highest BCUT2D eigenvalue weighted by atomic mass is 32.2. The molecule has 0 spiro atoms. The fourth-order valence-electron chi connectivity index (χ4n) is 2.00. The van der Waals surface area contributed by atoms with Crippen molar-refractivity contribution in [1.29, 1.82) is 0 Å². The number of hydrogen-bond donors (Lipinski definition) is 1. The molecule has 2 aromatic rings. The van der Waals surface area contributed by atoms with Gasteiger partial charge in [0, 0.05) is 19.3 Å². The molecular formula is C12H19N5O2S. The Hall–Kier alpha value is -1.83. The van der Waals surface area contributed by atoms with Gasteiger partial charge in [-0.25, -0.2) is 8.42 Å². The summed E-state index contributed by atoms with van der Waals surface area (Å²) in [6, 6.07) is 0. The van der Waals surface area contributed by atoms with E-state index >= 15 is 0 Å². The van der Waals surface area contributed by atoms with Crippen LogP contribution in [-0.2, 0) is 23.1 Å². The lowest BCUT2D eigenvalue weighted by molar-refractivity contribution is 0.600. The third kappa shape index (κ3) is 2.55. The Morgan fingerprint density at radius 2 is 1.95 bits per heavy atom. The smallest absolute Gasteiger partial charge is 0.265 e. The molecule has 8 heteroatoms. The van der Waals surface area contributed by atoms with E-state index in [2.05, 4.69) is 14.9 Å². The molecule has 2 heterocycles. The van der Waals surface area contributed by atoms with Crippen molar-refractivity contribution < 1.29 is 8.42 Å². The number of nitrogens with zero attached hydrogens (tertiary/aromatic N) is 4. The number of rotatable bonds is 5. The van der Waals surface area contributed by atoms with Gasteiger partial charge in [0.05, 0.1) is 23.3 Å². The Morgan fingerprint density at radius 3 is 2.45 bits per heavy atom. The average molecular weight is 297 g/mol. The lowest BCUT2D eigenvalue weighted by Crippen LogP contribution is -2.13. The molecule has 0 amide bonds. The van der Waals surface area contributed by atoms with E-state index in [4.69, 9.17) is 0 Å². The van der Waals surface area contributed by atoms with Crippen molar-refractivity contribution in [2.45, 2.75) is 45.7 Å². The van der Waals surface area contributed by atoms with Crippen LogP contribution in [0.4, 0.5) is 5.69 Å². The zero-order valence-electron chi connectivity index (χ0n) is 12.1. The number of nitrogens with one attached hydrogen (secondary N) is 1. The summed E-state index contributed by atoms with van der Waals surface area (Å²) in [5.41, 5.74) is 2.00. The van der Waals surface area contributed by atoms with Gasteiger partial charge in [0.1, 0.15) is 4.90 Å². The number of anilines is 1. The first-order chi connectivity index (χ1) is 9.39. The molecule has 0 saturated heterocycles. The Morgan fingerprint density at radius 1 is 1.25 bits per heavy atom. The molecule has 0 unspecified atom stereocenters. The Balaban J connectivity index is 2.35. The van der Waals surface area contributed by atoms with Crippen molar-refractivity contribution in [2.24, 2.45) is 0 Å². The molecule has 0 aliphatic carbocycles. The number of aryl methyl sites for hydroxylation is 3. The van der Waals surface area contributed by atoms with Gasteiger partial charge in [-0.1, -0.05) is 0 Å². The largest absolute Gasteiger partial charge is 0.276 e. The van der Waals surface area contributed by atoms with Crippen molar-refractivity contribution in [1.82, 2.24) is 19.6 Å². The summed E-state index contributed by atoms with van der Waals surface area (Å²) in [4.78, 5) is 0.155. The average Bonchev–Trinajstić information content (AvgIpc) is 2.99. The maximum Gasteiger partial charge on any atom is 0.265 e. The molecule has 1 N–H and O–H groups in total. The van der Waals surface area contributed by atoms with Gasteiger partial charge >= 0.3 is 0 Å². The SMILES string of the molecule is CCn1cc(S(=O)(=O)Nc2c(C)nn(CC)c2C)cn1. The van der Waals surface area contributed by atoms with Crippen molar-refractivity contribution in [3.05, 3.63) is 23.8 Å². The number of aromatic nitrogens is 4. The highest BCUT2D eigenvalue weighted by Crippen LogP contribution is 2.23. The van der Waals surface area contributed by atoms with E-state index in [1.54, 1.807) is 16.3 Å². The summed E-state index contributed by atoms with van der Waals surface area (Å²) < 4.78 is 30.6. The van der Waals surface area contributed by atoms with Crippen molar-refractivity contribution in [2.75, 3.05) is 4.72 Å². The van der Waals surface area contributed by atoms with Crippen molar-refractivity contribution in [3.63, 3.8) is 0 Å². The summed E-state index contributed by atoms with van der Waals surface area (Å²) in [5, 5.41) is 8.28. The molecular weight excluding hydrogens is 278 g/mol. The quantitative estimate of drug-likeness (QED) is 0.907. The molecule has 110 valence electrons. The van der Waals surface area contributed by atoms with Crippen molar-refractivity contribution in [3.8, 4) is 0 Å². The van der Waals surface area contributed by atoms with Crippen LogP contribution in [-0.4, -0.2) is 28.0 Å². The van der Waals surface area contributed by atoms with Crippen LogP contribution in [0.5, 0.6) is 0 Å². The predicted molar refractivity (Wildman–Crippen MR) is 76.1 cm³/mol. The Labute approximate surface area is 118 Å². The van der Waals surface area contributed by atoms with Gasteiger partial charge in [-0.15, -0.1) is 0 Å². The van der Waals surface area contributed by atoms with E-state index in [0.29, 0.717) is 24.5 Å². The minimum Gasteiger partial charge on any atom is -0.276 e. The highest BCUT2D eigenvalue weighted by molar-refractivity contribution is 7.92. The topological polar surface area (TPSA) is 81.8 Å². The van der Waals surface area contributed by atoms with Gasteiger partial charge in [0.15, 0.2) is 0 Å². The molecule has 0 aliphatic rings. The normalized spacial score (nSPS) is 11.8. The third-order valence-electron chi connectivity index (χ3n) is 3.16. The van der Waals surface area contributed by atoms with E-state index < -0.39 is 10.0 Å². The Bertz CT molecular complexity index is 714. The van der Waals surface area contributed by atoms with Gasteiger partial charge in [0.25, 0.3) is 10.0 Å². The second kappa shape index (κ2) is 5.28. The standard InChI is InChI=1S/C12H19N5O2S/c1-5-16-8-11(7-13-16)20(18,19)15-12-9(3)14-17(6-2)10(12)4/h7-8,15H,5-6H2,1-4H3. The highest BCUT2D eigenvalue weighted by Gasteiger charge is 2.21. The summed E-state index contributed by atoms with van der Waals surface area (Å²) in [5.74, 6) is 0. The van der Waals surface area contributed by atoms with E-state index in [-0.39, 0.29) is 4.90 Å². The molecule has 2 rings (SSSR count). The maximum atomic E-state index is 12.3. The van der Waals surface area contributed by atoms with Gasteiger partial charge < -0.3 is 0 Å². The molecule has 0 radical (unpaired) electrons. The summed E-state index contributed by atoms with van der Waals surface area (Å²) in [6.45, 7) is 8.81. The van der Waals surface area contributed by atoms with Crippen LogP contribution < -0.4 is 4.72 Å². The molecule has 7 nitrogen and oxygen atoms in total. The number of hydrogen-bond acceptors (Lipinski definition) is 4. The predicted octanol–water partition coefficient (Wildman–Crippen LogP) is 1.54. The van der Waals surface area contributed by atoms with Crippen LogP contribution in [0.25, 0.3) is 0 Å². The van der Waals surface area contributed by atoms with Crippen LogP contribution in [0.3, 0.4) is 0 Å². The molecule has 0 aromatic carbocycles. The summed E-state index contributed by atoms with van der Waals surface area (Å²) in [6.07, 6.45) is 2.86. The lowest BCUT2D eigenvalue weighted by atomic mass is 10.3. The van der Waals surface area contributed by atoms with Crippen LogP contribution in [0.2, 0.25) is 0 Å². The first kappa shape index (κ1) is 14.6.